The molecule has 2 unspecified atom stereocenters. The number of amides is 1. The van der Waals surface area contributed by atoms with Crippen molar-refractivity contribution in [2.45, 2.75) is 39.1 Å². The Morgan fingerprint density at radius 2 is 2.08 bits per heavy atom. The van der Waals surface area contributed by atoms with Gasteiger partial charge >= 0.3 is 0 Å². The first-order chi connectivity index (χ1) is 5.46. The van der Waals surface area contributed by atoms with Crippen molar-refractivity contribution in [2.24, 2.45) is 5.41 Å². The van der Waals surface area contributed by atoms with Crippen molar-refractivity contribution in [3.8, 4) is 0 Å². The highest BCUT2D eigenvalue weighted by Gasteiger charge is 2.37. The molecular formula is C9H17NOS. The molecule has 2 nitrogen and oxygen atoms in total. The van der Waals surface area contributed by atoms with E-state index in [0.717, 1.165) is 12.2 Å². The molecule has 1 aliphatic heterocycles. The molecule has 0 spiro atoms. The van der Waals surface area contributed by atoms with Gasteiger partial charge in [0.05, 0.1) is 5.37 Å². The molecule has 2 atom stereocenters. The Labute approximate surface area is 78.7 Å². The van der Waals surface area contributed by atoms with Crippen molar-refractivity contribution in [3.05, 3.63) is 0 Å². The summed E-state index contributed by atoms with van der Waals surface area (Å²) in [6, 6.07) is 0.400. The van der Waals surface area contributed by atoms with Crippen molar-refractivity contribution >= 4 is 18.2 Å². The van der Waals surface area contributed by atoms with Gasteiger partial charge in [-0.3, -0.25) is 4.79 Å². The SMILES string of the molecule is CC1CSC(C(C)(C)C)N1C=O. The van der Waals surface area contributed by atoms with Crippen LogP contribution < -0.4 is 0 Å². The summed E-state index contributed by atoms with van der Waals surface area (Å²) in [6.07, 6.45) is 0.987. The van der Waals surface area contributed by atoms with Crippen LogP contribution in [0.1, 0.15) is 27.7 Å². The van der Waals surface area contributed by atoms with Crippen LogP contribution in [0, 0.1) is 5.41 Å². The predicted octanol–water partition coefficient (Wildman–Crippen LogP) is 1.95. The molecule has 3 heteroatoms. The van der Waals surface area contributed by atoms with Crippen molar-refractivity contribution < 1.29 is 4.79 Å². The first-order valence-corrected chi connectivity index (χ1v) is 5.36. The van der Waals surface area contributed by atoms with Gasteiger partial charge in [0.25, 0.3) is 0 Å². The maximum absolute atomic E-state index is 10.8. The Morgan fingerprint density at radius 1 is 1.50 bits per heavy atom. The van der Waals surface area contributed by atoms with Gasteiger partial charge < -0.3 is 4.90 Å². The molecule has 0 aromatic carbocycles. The number of carbonyl (C=O) groups excluding carboxylic acids is 1. The predicted molar refractivity (Wildman–Crippen MR) is 53.1 cm³/mol. The highest BCUT2D eigenvalue weighted by molar-refractivity contribution is 8.00. The van der Waals surface area contributed by atoms with E-state index in [1.54, 1.807) is 0 Å². The number of thioether (sulfide) groups is 1. The average molecular weight is 187 g/mol. The van der Waals surface area contributed by atoms with Gasteiger partial charge in [0.1, 0.15) is 0 Å². The van der Waals surface area contributed by atoms with Gasteiger partial charge in [-0.25, -0.2) is 0 Å². The van der Waals surface area contributed by atoms with E-state index in [0.29, 0.717) is 11.4 Å². The number of hydrogen-bond donors (Lipinski definition) is 0. The normalized spacial score (nSPS) is 30.8. The van der Waals surface area contributed by atoms with Gasteiger partial charge in [-0.1, -0.05) is 20.8 Å². The smallest absolute Gasteiger partial charge is 0.210 e. The first-order valence-electron chi connectivity index (χ1n) is 4.31. The average Bonchev–Trinajstić information content (AvgIpc) is 2.29. The molecule has 0 aromatic heterocycles. The topological polar surface area (TPSA) is 20.3 Å². The van der Waals surface area contributed by atoms with E-state index < -0.39 is 0 Å². The summed E-state index contributed by atoms with van der Waals surface area (Å²) in [6.45, 7) is 8.64. The van der Waals surface area contributed by atoms with Crippen LogP contribution in [0.5, 0.6) is 0 Å². The molecule has 1 amide bonds. The lowest BCUT2D eigenvalue weighted by atomic mass is 9.95. The molecule has 0 saturated carbocycles. The summed E-state index contributed by atoms with van der Waals surface area (Å²) in [4.78, 5) is 12.7. The summed E-state index contributed by atoms with van der Waals surface area (Å²) < 4.78 is 0. The third kappa shape index (κ3) is 1.76. The van der Waals surface area contributed by atoms with Crippen LogP contribution in [0.4, 0.5) is 0 Å². The quantitative estimate of drug-likeness (QED) is 0.585. The molecule has 0 aliphatic carbocycles. The van der Waals surface area contributed by atoms with E-state index in [-0.39, 0.29) is 5.41 Å². The monoisotopic (exact) mass is 187 g/mol. The van der Waals surface area contributed by atoms with Crippen molar-refractivity contribution in [2.75, 3.05) is 5.75 Å². The highest BCUT2D eigenvalue weighted by Crippen LogP contribution is 2.38. The van der Waals surface area contributed by atoms with E-state index in [4.69, 9.17) is 0 Å². The molecule has 0 aromatic rings. The van der Waals surface area contributed by atoms with Gasteiger partial charge in [0, 0.05) is 11.8 Å². The molecule has 1 heterocycles. The van der Waals surface area contributed by atoms with Gasteiger partial charge in [-0.05, 0) is 12.3 Å². The minimum absolute atomic E-state index is 0.191. The Hall–Kier alpha value is -0.180. The maximum atomic E-state index is 10.8. The second-order valence-electron chi connectivity index (χ2n) is 4.45. The Bertz CT molecular complexity index is 176. The fourth-order valence-electron chi connectivity index (χ4n) is 1.49. The van der Waals surface area contributed by atoms with Crippen LogP contribution in [0.2, 0.25) is 0 Å². The molecular weight excluding hydrogens is 170 g/mol. The molecule has 0 bridgehead atoms. The zero-order chi connectivity index (χ0) is 9.35. The van der Waals surface area contributed by atoms with Crippen molar-refractivity contribution in [1.82, 2.24) is 4.90 Å². The number of hydrogen-bond acceptors (Lipinski definition) is 2. The van der Waals surface area contributed by atoms with Crippen molar-refractivity contribution in [1.29, 1.82) is 0 Å². The van der Waals surface area contributed by atoms with E-state index in [9.17, 15) is 4.79 Å². The van der Waals surface area contributed by atoms with E-state index in [1.807, 2.05) is 16.7 Å². The summed E-state index contributed by atoms with van der Waals surface area (Å²) >= 11 is 1.88. The molecule has 0 N–H and O–H groups in total. The van der Waals surface area contributed by atoms with Crippen LogP contribution in [0.3, 0.4) is 0 Å². The molecule has 0 radical (unpaired) electrons. The number of rotatable bonds is 1. The standard InChI is InChI=1S/C9H17NOS/c1-7-5-12-8(9(2,3)4)10(7)6-11/h6-8H,5H2,1-4H3. The minimum Gasteiger partial charge on any atom is -0.329 e. The Balaban J connectivity index is 2.73. The fourth-order valence-corrected chi connectivity index (χ4v) is 3.05. The zero-order valence-corrected chi connectivity index (χ0v) is 9.02. The maximum Gasteiger partial charge on any atom is 0.210 e. The molecule has 1 rings (SSSR count). The van der Waals surface area contributed by atoms with Crippen molar-refractivity contribution in [3.63, 3.8) is 0 Å². The summed E-state index contributed by atoms with van der Waals surface area (Å²) in [7, 11) is 0. The van der Waals surface area contributed by atoms with Crippen LogP contribution in [-0.2, 0) is 4.79 Å². The molecule has 70 valence electrons. The Morgan fingerprint density at radius 3 is 2.42 bits per heavy atom. The van der Waals surface area contributed by atoms with Crippen LogP contribution in [0.25, 0.3) is 0 Å². The summed E-state index contributed by atoms with van der Waals surface area (Å²) in [5, 5.41) is 0.352. The molecule has 1 saturated heterocycles. The third-order valence-corrected chi connectivity index (χ3v) is 4.08. The van der Waals surface area contributed by atoms with E-state index in [1.165, 1.54) is 0 Å². The van der Waals surface area contributed by atoms with Gasteiger partial charge in [0.2, 0.25) is 6.41 Å². The van der Waals surface area contributed by atoms with Crippen LogP contribution in [-0.4, -0.2) is 28.5 Å². The first kappa shape index (κ1) is 9.90. The van der Waals surface area contributed by atoms with Gasteiger partial charge in [-0.2, -0.15) is 0 Å². The lowest BCUT2D eigenvalue weighted by Crippen LogP contribution is -2.40. The zero-order valence-electron chi connectivity index (χ0n) is 8.20. The second-order valence-corrected chi connectivity index (χ2v) is 5.57. The summed E-state index contributed by atoms with van der Waals surface area (Å²) in [5.41, 5.74) is 0.191. The van der Waals surface area contributed by atoms with Gasteiger partial charge in [-0.15, -0.1) is 11.8 Å². The highest BCUT2D eigenvalue weighted by atomic mass is 32.2. The number of carbonyl (C=O) groups is 1. The van der Waals surface area contributed by atoms with E-state index >= 15 is 0 Å². The van der Waals surface area contributed by atoms with Crippen LogP contribution >= 0.6 is 11.8 Å². The molecule has 1 aliphatic rings. The molecule has 1 fully saturated rings. The van der Waals surface area contributed by atoms with Gasteiger partial charge in [0.15, 0.2) is 0 Å². The fraction of sp³-hybridized carbons (Fsp3) is 0.889. The largest absolute Gasteiger partial charge is 0.329 e. The number of nitrogens with zero attached hydrogens (tertiary/aromatic N) is 1. The lowest BCUT2D eigenvalue weighted by Gasteiger charge is -2.33. The Kier molecular flexibility index (Phi) is 2.71. The lowest BCUT2D eigenvalue weighted by molar-refractivity contribution is -0.121. The molecule has 12 heavy (non-hydrogen) atoms. The third-order valence-electron chi connectivity index (χ3n) is 2.14. The summed E-state index contributed by atoms with van der Waals surface area (Å²) in [5.74, 6) is 1.07. The van der Waals surface area contributed by atoms with E-state index in [2.05, 4.69) is 27.7 Å². The second kappa shape index (κ2) is 3.29. The van der Waals surface area contributed by atoms with Crippen LogP contribution in [0.15, 0.2) is 0 Å². The minimum atomic E-state index is 0.191.